The van der Waals surface area contributed by atoms with Crippen LogP contribution in [0.25, 0.3) is 0 Å². The van der Waals surface area contributed by atoms with Gasteiger partial charge in [-0.05, 0) is 42.1 Å². The van der Waals surface area contributed by atoms with Gasteiger partial charge in [-0.1, -0.05) is 13.0 Å². The summed E-state index contributed by atoms with van der Waals surface area (Å²) in [7, 11) is 0. The van der Waals surface area contributed by atoms with Crippen molar-refractivity contribution in [3.8, 4) is 0 Å². The SMILES string of the molecule is CC1CC(=O)N(c2ccc3c(c2)CNCC3)C(=O)C1. The molecule has 0 radical (unpaired) electrons. The van der Waals surface area contributed by atoms with Crippen LogP contribution in [0.5, 0.6) is 0 Å². The molecule has 0 aliphatic carbocycles. The van der Waals surface area contributed by atoms with Crippen LogP contribution in [0.3, 0.4) is 0 Å². The molecule has 4 nitrogen and oxygen atoms in total. The molecule has 2 heterocycles. The fraction of sp³-hybridized carbons (Fsp3) is 0.467. The Morgan fingerprint density at radius 1 is 1.16 bits per heavy atom. The molecule has 2 aliphatic heterocycles. The summed E-state index contributed by atoms with van der Waals surface area (Å²) in [6, 6.07) is 5.92. The second-order valence-electron chi connectivity index (χ2n) is 5.52. The molecule has 1 fully saturated rings. The van der Waals surface area contributed by atoms with Crippen LogP contribution in [0.2, 0.25) is 0 Å². The molecule has 3 rings (SSSR count). The minimum absolute atomic E-state index is 0.0764. The second-order valence-corrected chi connectivity index (χ2v) is 5.52. The van der Waals surface area contributed by atoms with Gasteiger partial charge in [0.15, 0.2) is 0 Å². The lowest BCUT2D eigenvalue weighted by atomic mass is 9.95. The Bertz CT molecular complexity index is 521. The molecule has 4 heteroatoms. The predicted octanol–water partition coefficient (Wildman–Crippen LogP) is 1.62. The number of carbonyl (C=O) groups excluding carboxylic acids is 2. The Balaban J connectivity index is 1.93. The van der Waals surface area contributed by atoms with Crippen LogP contribution in [-0.4, -0.2) is 18.4 Å². The molecule has 1 saturated heterocycles. The van der Waals surface area contributed by atoms with Gasteiger partial charge in [-0.2, -0.15) is 0 Å². The first-order valence-electron chi connectivity index (χ1n) is 6.83. The standard InChI is InChI=1S/C15H18N2O2/c1-10-6-14(18)17(15(19)7-10)13-3-2-11-4-5-16-9-12(11)8-13/h2-3,8,10,16H,4-7,9H2,1H3. The minimum atomic E-state index is -0.0764. The summed E-state index contributed by atoms with van der Waals surface area (Å²) in [6.45, 7) is 3.76. The molecule has 2 aliphatic rings. The Morgan fingerprint density at radius 3 is 2.63 bits per heavy atom. The van der Waals surface area contributed by atoms with Gasteiger partial charge in [0.1, 0.15) is 0 Å². The molecule has 1 aromatic carbocycles. The maximum Gasteiger partial charge on any atom is 0.234 e. The van der Waals surface area contributed by atoms with Crippen molar-refractivity contribution in [2.75, 3.05) is 11.4 Å². The summed E-state index contributed by atoms with van der Waals surface area (Å²) >= 11 is 0. The number of hydrogen-bond acceptors (Lipinski definition) is 3. The van der Waals surface area contributed by atoms with Crippen molar-refractivity contribution in [2.45, 2.75) is 32.7 Å². The molecule has 0 atom stereocenters. The number of carbonyl (C=O) groups is 2. The van der Waals surface area contributed by atoms with E-state index >= 15 is 0 Å². The summed E-state index contributed by atoms with van der Waals surface area (Å²) in [6.07, 6.45) is 1.93. The van der Waals surface area contributed by atoms with Gasteiger partial charge in [-0.15, -0.1) is 0 Å². The zero-order chi connectivity index (χ0) is 13.4. The number of fused-ring (bicyclic) bond motifs is 1. The molecular formula is C15H18N2O2. The maximum atomic E-state index is 12.1. The second kappa shape index (κ2) is 4.78. The maximum absolute atomic E-state index is 12.1. The minimum Gasteiger partial charge on any atom is -0.312 e. The van der Waals surface area contributed by atoms with E-state index < -0.39 is 0 Å². The van der Waals surface area contributed by atoms with Crippen molar-refractivity contribution in [3.05, 3.63) is 29.3 Å². The van der Waals surface area contributed by atoms with Gasteiger partial charge in [-0.25, -0.2) is 0 Å². The number of rotatable bonds is 1. The first kappa shape index (κ1) is 12.4. The van der Waals surface area contributed by atoms with Gasteiger partial charge in [-0.3, -0.25) is 14.5 Å². The van der Waals surface area contributed by atoms with E-state index in [2.05, 4.69) is 5.32 Å². The van der Waals surface area contributed by atoms with E-state index in [1.165, 1.54) is 16.0 Å². The quantitative estimate of drug-likeness (QED) is 0.779. The number of nitrogens with zero attached hydrogens (tertiary/aromatic N) is 1. The summed E-state index contributed by atoms with van der Waals surface area (Å²) < 4.78 is 0. The Morgan fingerprint density at radius 2 is 1.89 bits per heavy atom. The predicted molar refractivity (Wildman–Crippen MR) is 72.7 cm³/mol. The van der Waals surface area contributed by atoms with Crippen LogP contribution in [0.15, 0.2) is 18.2 Å². The van der Waals surface area contributed by atoms with Crippen molar-refractivity contribution in [2.24, 2.45) is 5.92 Å². The topological polar surface area (TPSA) is 49.4 Å². The lowest BCUT2D eigenvalue weighted by molar-refractivity contribution is -0.130. The molecule has 0 spiro atoms. The van der Waals surface area contributed by atoms with Crippen molar-refractivity contribution in [1.82, 2.24) is 5.32 Å². The summed E-state index contributed by atoms with van der Waals surface area (Å²) in [5.74, 6) is 0.00970. The molecule has 0 bridgehead atoms. The molecule has 100 valence electrons. The van der Waals surface area contributed by atoms with E-state index in [9.17, 15) is 9.59 Å². The van der Waals surface area contributed by atoms with Gasteiger partial charge in [0, 0.05) is 19.4 Å². The molecule has 1 N–H and O–H groups in total. The van der Waals surface area contributed by atoms with E-state index in [1.54, 1.807) is 0 Å². The first-order chi connectivity index (χ1) is 9.15. The van der Waals surface area contributed by atoms with Crippen LogP contribution in [0.4, 0.5) is 5.69 Å². The van der Waals surface area contributed by atoms with Gasteiger partial charge >= 0.3 is 0 Å². The fourth-order valence-electron chi connectivity index (χ4n) is 2.88. The highest BCUT2D eigenvalue weighted by atomic mass is 16.2. The highest BCUT2D eigenvalue weighted by Crippen LogP contribution is 2.27. The number of nitrogens with one attached hydrogen (secondary N) is 1. The normalized spacial score (nSPS) is 20.6. The van der Waals surface area contributed by atoms with Crippen LogP contribution in [0, 0.1) is 5.92 Å². The number of hydrogen-bond donors (Lipinski definition) is 1. The number of benzene rings is 1. The highest BCUT2D eigenvalue weighted by molar-refractivity contribution is 6.16. The average Bonchev–Trinajstić information content (AvgIpc) is 2.37. The molecule has 19 heavy (non-hydrogen) atoms. The Hall–Kier alpha value is -1.68. The summed E-state index contributed by atoms with van der Waals surface area (Å²) in [4.78, 5) is 25.5. The smallest absolute Gasteiger partial charge is 0.234 e. The fourth-order valence-corrected chi connectivity index (χ4v) is 2.88. The van der Waals surface area contributed by atoms with Crippen LogP contribution in [-0.2, 0) is 22.6 Å². The van der Waals surface area contributed by atoms with E-state index in [4.69, 9.17) is 0 Å². The molecule has 0 aromatic heterocycles. The first-order valence-corrected chi connectivity index (χ1v) is 6.83. The zero-order valence-electron chi connectivity index (χ0n) is 11.1. The Labute approximate surface area is 112 Å². The largest absolute Gasteiger partial charge is 0.312 e. The number of imide groups is 1. The van der Waals surface area contributed by atoms with Gasteiger partial charge in [0.2, 0.25) is 11.8 Å². The summed E-state index contributed by atoms with van der Waals surface area (Å²) in [5.41, 5.74) is 3.24. The van der Waals surface area contributed by atoms with Crippen molar-refractivity contribution >= 4 is 17.5 Å². The summed E-state index contributed by atoms with van der Waals surface area (Å²) in [5, 5.41) is 3.31. The van der Waals surface area contributed by atoms with Crippen LogP contribution >= 0.6 is 0 Å². The highest BCUT2D eigenvalue weighted by Gasteiger charge is 2.31. The third-order valence-corrected chi connectivity index (χ3v) is 3.88. The van der Waals surface area contributed by atoms with Gasteiger partial charge in [0.05, 0.1) is 5.69 Å². The lowest BCUT2D eigenvalue weighted by Crippen LogP contribution is -2.43. The van der Waals surface area contributed by atoms with E-state index in [0.717, 1.165) is 25.2 Å². The molecule has 1 aromatic rings. The van der Waals surface area contributed by atoms with Crippen molar-refractivity contribution < 1.29 is 9.59 Å². The molecule has 2 amide bonds. The zero-order valence-corrected chi connectivity index (χ0v) is 11.1. The van der Waals surface area contributed by atoms with Gasteiger partial charge < -0.3 is 5.32 Å². The molecule has 0 saturated carbocycles. The van der Waals surface area contributed by atoms with E-state index in [0.29, 0.717) is 12.8 Å². The third-order valence-electron chi connectivity index (χ3n) is 3.88. The van der Waals surface area contributed by atoms with Crippen LogP contribution < -0.4 is 10.2 Å². The van der Waals surface area contributed by atoms with Gasteiger partial charge in [0.25, 0.3) is 0 Å². The van der Waals surface area contributed by atoms with E-state index in [-0.39, 0.29) is 17.7 Å². The number of piperidine rings is 1. The number of amides is 2. The van der Waals surface area contributed by atoms with E-state index in [1.807, 2.05) is 25.1 Å². The average molecular weight is 258 g/mol. The Kier molecular flexibility index (Phi) is 3.11. The van der Waals surface area contributed by atoms with Crippen LogP contribution in [0.1, 0.15) is 30.9 Å². The molecular weight excluding hydrogens is 240 g/mol. The molecule has 0 unspecified atom stereocenters. The number of anilines is 1. The monoisotopic (exact) mass is 258 g/mol. The van der Waals surface area contributed by atoms with Crippen molar-refractivity contribution in [1.29, 1.82) is 0 Å². The lowest BCUT2D eigenvalue weighted by Gasteiger charge is -2.29. The third kappa shape index (κ3) is 2.28. The van der Waals surface area contributed by atoms with Crippen molar-refractivity contribution in [3.63, 3.8) is 0 Å².